The molecule has 0 bridgehead atoms. The minimum absolute atomic E-state index is 0. The Morgan fingerprint density at radius 3 is 2.44 bits per heavy atom. The standard InChI is InChI=1S/C13H15N3S.ClH/c14-8-7-10-3-5-11(6-4-10)16-13(15)12-2-1-9-17-12;/h1-6,9H,7-8,14H2,(H2,15,16);1H. The number of nitrogens with two attached hydrogens (primary N) is 2. The van der Waals surface area contributed by atoms with Crippen LogP contribution in [0.1, 0.15) is 10.4 Å². The van der Waals surface area contributed by atoms with Crippen LogP contribution < -0.4 is 11.5 Å². The Kier molecular flexibility index (Phi) is 5.85. The highest BCUT2D eigenvalue weighted by molar-refractivity contribution is 7.12. The summed E-state index contributed by atoms with van der Waals surface area (Å²) in [4.78, 5) is 5.37. The first-order valence-electron chi connectivity index (χ1n) is 5.46. The van der Waals surface area contributed by atoms with Crippen molar-refractivity contribution in [2.75, 3.05) is 6.54 Å². The van der Waals surface area contributed by atoms with Crippen LogP contribution in [-0.2, 0) is 6.42 Å². The van der Waals surface area contributed by atoms with Crippen molar-refractivity contribution in [1.29, 1.82) is 0 Å². The number of benzene rings is 1. The van der Waals surface area contributed by atoms with Crippen molar-refractivity contribution in [2.45, 2.75) is 6.42 Å². The number of hydrogen-bond donors (Lipinski definition) is 2. The van der Waals surface area contributed by atoms with E-state index in [4.69, 9.17) is 11.5 Å². The van der Waals surface area contributed by atoms with Crippen molar-refractivity contribution in [1.82, 2.24) is 0 Å². The molecule has 0 aliphatic rings. The monoisotopic (exact) mass is 281 g/mol. The molecule has 5 heteroatoms. The maximum absolute atomic E-state index is 5.91. The summed E-state index contributed by atoms with van der Waals surface area (Å²) in [6, 6.07) is 11.9. The van der Waals surface area contributed by atoms with Gasteiger partial charge in [-0.2, -0.15) is 0 Å². The second kappa shape index (κ2) is 7.16. The van der Waals surface area contributed by atoms with Crippen molar-refractivity contribution in [3.8, 4) is 0 Å². The maximum atomic E-state index is 5.91. The summed E-state index contributed by atoms with van der Waals surface area (Å²) in [5.74, 6) is 0.562. The normalized spacial score (nSPS) is 11.1. The fourth-order valence-corrected chi connectivity index (χ4v) is 2.15. The molecule has 2 rings (SSSR count). The van der Waals surface area contributed by atoms with E-state index in [0.717, 1.165) is 17.0 Å². The van der Waals surface area contributed by atoms with E-state index in [0.29, 0.717) is 12.4 Å². The van der Waals surface area contributed by atoms with E-state index in [2.05, 4.69) is 4.99 Å². The van der Waals surface area contributed by atoms with Crippen LogP contribution in [0.2, 0.25) is 0 Å². The molecule has 96 valence electrons. The van der Waals surface area contributed by atoms with Gasteiger partial charge in [-0.3, -0.25) is 0 Å². The van der Waals surface area contributed by atoms with Crippen molar-refractivity contribution in [3.63, 3.8) is 0 Å². The van der Waals surface area contributed by atoms with Gasteiger partial charge in [-0.05, 0) is 42.1 Å². The third kappa shape index (κ3) is 3.84. The Hall–Kier alpha value is -1.36. The van der Waals surface area contributed by atoms with Gasteiger partial charge < -0.3 is 11.5 Å². The van der Waals surface area contributed by atoms with Crippen LogP contribution in [0.15, 0.2) is 46.8 Å². The molecule has 18 heavy (non-hydrogen) atoms. The van der Waals surface area contributed by atoms with E-state index in [1.807, 2.05) is 41.8 Å². The second-order valence-electron chi connectivity index (χ2n) is 3.68. The number of halogens is 1. The molecule has 1 heterocycles. The van der Waals surface area contributed by atoms with Crippen LogP contribution in [0.25, 0.3) is 0 Å². The number of rotatable bonds is 4. The highest BCUT2D eigenvalue weighted by atomic mass is 35.5. The van der Waals surface area contributed by atoms with Crippen LogP contribution in [0.5, 0.6) is 0 Å². The van der Waals surface area contributed by atoms with E-state index >= 15 is 0 Å². The van der Waals surface area contributed by atoms with E-state index in [9.17, 15) is 0 Å². The van der Waals surface area contributed by atoms with E-state index in [1.54, 1.807) is 11.3 Å². The predicted octanol–water partition coefficient (Wildman–Crippen LogP) is 2.71. The van der Waals surface area contributed by atoms with Gasteiger partial charge in [0, 0.05) is 0 Å². The highest BCUT2D eigenvalue weighted by Gasteiger charge is 1.99. The smallest absolute Gasteiger partial charge is 0.141 e. The molecule has 0 spiro atoms. The van der Waals surface area contributed by atoms with Gasteiger partial charge >= 0.3 is 0 Å². The van der Waals surface area contributed by atoms with Gasteiger partial charge in [-0.1, -0.05) is 18.2 Å². The molecule has 4 N–H and O–H groups in total. The van der Waals surface area contributed by atoms with Crippen molar-refractivity contribution in [3.05, 3.63) is 52.2 Å². The Morgan fingerprint density at radius 2 is 1.89 bits per heavy atom. The number of thiophene rings is 1. The van der Waals surface area contributed by atoms with Gasteiger partial charge in [0.05, 0.1) is 10.6 Å². The molecule has 0 saturated carbocycles. The molecule has 0 amide bonds. The minimum Gasteiger partial charge on any atom is -0.383 e. The number of aliphatic imine (C=N–C) groups is 1. The molecular formula is C13H16ClN3S. The van der Waals surface area contributed by atoms with Gasteiger partial charge in [0.25, 0.3) is 0 Å². The first-order valence-corrected chi connectivity index (χ1v) is 6.34. The molecule has 0 saturated heterocycles. The second-order valence-corrected chi connectivity index (χ2v) is 4.63. The highest BCUT2D eigenvalue weighted by Crippen LogP contribution is 2.16. The Labute approximate surface area is 117 Å². The van der Waals surface area contributed by atoms with Gasteiger partial charge in [-0.15, -0.1) is 23.7 Å². The lowest BCUT2D eigenvalue weighted by Crippen LogP contribution is -2.10. The van der Waals surface area contributed by atoms with Gasteiger partial charge in [-0.25, -0.2) is 4.99 Å². The first kappa shape index (κ1) is 14.7. The summed E-state index contributed by atoms with van der Waals surface area (Å²) in [5, 5.41) is 1.99. The predicted molar refractivity (Wildman–Crippen MR) is 81.2 cm³/mol. The zero-order valence-corrected chi connectivity index (χ0v) is 11.5. The molecule has 1 aromatic heterocycles. The number of amidine groups is 1. The Bertz CT molecular complexity index is 491. The zero-order chi connectivity index (χ0) is 12.1. The zero-order valence-electron chi connectivity index (χ0n) is 9.87. The molecule has 0 fully saturated rings. The van der Waals surface area contributed by atoms with Gasteiger partial charge in [0.2, 0.25) is 0 Å². The molecule has 0 unspecified atom stereocenters. The first-order chi connectivity index (χ1) is 8.29. The summed E-state index contributed by atoms with van der Waals surface area (Å²) >= 11 is 1.59. The van der Waals surface area contributed by atoms with Crippen LogP contribution in [0.3, 0.4) is 0 Å². The third-order valence-corrected chi connectivity index (χ3v) is 3.28. The summed E-state index contributed by atoms with van der Waals surface area (Å²) < 4.78 is 0. The van der Waals surface area contributed by atoms with Crippen LogP contribution in [0, 0.1) is 0 Å². The van der Waals surface area contributed by atoms with E-state index in [-0.39, 0.29) is 12.4 Å². The number of nitrogens with zero attached hydrogens (tertiary/aromatic N) is 1. The molecule has 2 aromatic rings. The molecule has 3 nitrogen and oxygen atoms in total. The molecule has 0 aliphatic heterocycles. The van der Waals surface area contributed by atoms with Gasteiger partial charge in [0.15, 0.2) is 0 Å². The summed E-state index contributed by atoms with van der Waals surface area (Å²) in [6.45, 7) is 0.667. The largest absolute Gasteiger partial charge is 0.383 e. The fraction of sp³-hybridized carbons (Fsp3) is 0.154. The summed E-state index contributed by atoms with van der Waals surface area (Å²) in [5.41, 5.74) is 13.5. The van der Waals surface area contributed by atoms with Crippen LogP contribution in [-0.4, -0.2) is 12.4 Å². The lowest BCUT2D eigenvalue weighted by molar-refractivity contribution is 0.969. The number of hydrogen-bond acceptors (Lipinski definition) is 3. The van der Waals surface area contributed by atoms with E-state index < -0.39 is 0 Å². The average Bonchev–Trinajstić information content (AvgIpc) is 2.86. The van der Waals surface area contributed by atoms with Crippen LogP contribution >= 0.6 is 23.7 Å². The van der Waals surface area contributed by atoms with Crippen molar-refractivity contribution >= 4 is 35.3 Å². The lowest BCUT2D eigenvalue weighted by Gasteiger charge is -2.00. The molecule has 1 aromatic carbocycles. The molecule has 0 atom stereocenters. The summed E-state index contributed by atoms with van der Waals surface area (Å²) in [7, 11) is 0. The van der Waals surface area contributed by atoms with E-state index in [1.165, 1.54) is 5.56 Å². The lowest BCUT2D eigenvalue weighted by atomic mass is 10.1. The van der Waals surface area contributed by atoms with Gasteiger partial charge in [0.1, 0.15) is 5.84 Å². The summed E-state index contributed by atoms with van der Waals surface area (Å²) in [6.07, 6.45) is 0.893. The maximum Gasteiger partial charge on any atom is 0.141 e. The Morgan fingerprint density at radius 1 is 1.17 bits per heavy atom. The fourth-order valence-electron chi connectivity index (χ4n) is 1.52. The molecule has 0 radical (unpaired) electrons. The minimum atomic E-state index is 0. The third-order valence-electron chi connectivity index (χ3n) is 2.39. The van der Waals surface area contributed by atoms with Crippen molar-refractivity contribution in [2.24, 2.45) is 16.5 Å². The average molecular weight is 282 g/mol. The SMILES string of the molecule is Cl.NCCc1ccc(N=C(N)c2cccs2)cc1. The van der Waals surface area contributed by atoms with Crippen molar-refractivity contribution < 1.29 is 0 Å². The Balaban J connectivity index is 0.00000162. The topological polar surface area (TPSA) is 64.4 Å². The quantitative estimate of drug-likeness (QED) is 0.668. The molecular weight excluding hydrogens is 266 g/mol. The van der Waals surface area contributed by atoms with Crippen LogP contribution in [0.4, 0.5) is 5.69 Å². The molecule has 0 aliphatic carbocycles.